The Bertz CT molecular complexity index is 1490. The summed E-state index contributed by atoms with van der Waals surface area (Å²) in [6.07, 6.45) is 3.58. The first-order chi connectivity index (χ1) is 18.9. The molecule has 0 aliphatic rings. The van der Waals surface area contributed by atoms with E-state index in [-0.39, 0.29) is 0 Å². The lowest BCUT2D eigenvalue weighted by Crippen LogP contribution is -2.25. The summed E-state index contributed by atoms with van der Waals surface area (Å²) in [4.78, 5) is 11.9. The second kappa shape index (κ2) is 13.5. The summed E-state index contributed by atoms with van der Waals surface area (Å²) in [5.41, 5.74) is 0.767. The lowest BCUT2D eigenvalue weighted by Gasteiger charge is -2.15. The number of para-hydroxylation sites is 1. The van der Waals surface area contributed by atoms with Crippen molar-refractivity contribution >= 4 is 43.5 Å². The summed E-state index contributed by atoms with van der Waals surface area (Å²) in [6.45, 7) is 2.78. The number of rotatable bonds is 15. The van der Waals surface area contributed by atoms with Gasteiger partial charge in [-0.1, -0.05) is 55.3 Å². The number of likely N-dealkylation sites (N-methyl/N-ethyl adjacent to an activating group) is 1. The van der Waals surface area contributed by atoms with Gasteiger partial charge in [-0.05, 0) is 50.5 Å². The molecule has 10 heteroatoms. The van der Waals surface area contributed by atoms with Gasteiger partial charge < -0.3 is 20.3 Å². The third-order valence-electron chi connectivity index (χ3n) is 6.48. The molecule has 0 spiro atoms. The van der Waals surface area contributed by atoms with E-state index in [0.717, 1.165) is 72.8 Å². The molecule has 3 aromatic carbocycles. The molecule has 1 heterocycles. The van der Waals surface area contributed by atoms with Gasteiger partial charge in [0.25, 0.3) is 0 Å². The number of hydrogen-bond donors (Lipinski definition) is 3. The Morgan fingerprint density at radius 2 is 1.51 bits per heavy atom. The van der Waals surface area contributed by atoms with Crippen LogP contribution in [0.2, 0.25) is 0 Å². The van der Waals surface area contributed by atoms with Gasteiger partial charge in [0.05, 0.1) is 12.0 Å². The lowest BCUT2D eigenvalue weighted by molar-refractivity contribution is 0.419. The quantitative estimate of drug-likeness (QED) is 0.183. The second-order valence-electron chi connectivity index (χ2n) is 9.70. The molecule has 0 saturated heterocycles. The normalized spacial score (nSPS) is 11.8. The van der Waals surface area contributed by atoms with E-state index < -0.39 is 10.0 Å². The largest absolute Gasteiger partial charge is 0.494 e. The Kier molecular flexibility index (Phi) is 9.91. The molecule has 0 bridgehead atoms. The van der Waals surface area contributed by atoms with Crippen molar-refractivity contribution in [3.8, 4) is 5.75 Å². The highest BCUT2D eigenvalue weighted by Gasteiger charge is 2.16. The minimum atomic E-state index is -3.56. The number of methoxy groups -OCH3 is 1. The average molecular weight is 551 g/mol. The third kappa shape index (κ3) is 7.56. The summed E-state index contributed by atoms with van der Waals surface area (Å²) in [5.74, 6) is 2.04. The number of nitrogens with one attached hydrogen (secondary N) is 3. The topological polar surface area (TPSA) is 108 Å². The van der Waals surface area contributed by atoms with Crippen molar-refractivity contribution < 1.29 is 13.2 Å². The van der Waals surface area contributed by atoms with Gasteiger partial charge in [0.15, 0.2) is 0 Å². The SMILES string of the molecule is COc1cccc2c(NCCN(C)C)nc(NCCCCCCNS(=O)(=O)c3cccc4ccccc34)nc12. The van der Waals surface area contributed by atoms with Gasteiger partial charge in [0.2, 0.25) is 16.0 Å². The predicted octanol–water partition coefficient (Wildman–Crippen LogP) is 4.72. The number of ether oxygens (including phenoxy) is 1. The van der Waals surface area contributed by atoms with Crippen LogP contribution in [-0.2, 0) is 10.0 Å². The van der Waals surface area contributed by atoms with E-state index in [1.807, 2.05) is 62.6 Å². The van der Waals surface area contributed by atoms with Crippen LogP contribution in [-0.4, -0.2) is 70.7 Å². The first kappa shape index (κ1) is 28.5. The molecule has 9 nitrogen and oxygen atoms in total. The fraction of sp³-hybridized carbons (Fsp3) is 0.379. The van der Waals surface area contributed by atoms with Crippen LogP contribution in [0, 0.1) is 0 Å². The van der Waals surface area contributed by atoms with Crippen molar-refractivity contribution in [1.82, 2.24) is 19.6 Å². The second-order valence-corrected chi connectivity index (χ2v) is 11.4. The van der Waals surface area contributed by atoms with Crippen molar-refractivity contribution in [1.29, 1.82) is 0 Å². The maximum Gasteiger partial charge on any atom is 0.241 e. The van der Waals surface area contributed by atoms with Crippen LogP contribution in [0.4, 0.5) is 11.8 Å². The number of sulfonamides is 1. The van der Waals surface area contributed by atoms with Crippen LogP contribution in [0.25, 0.3) is 21.7 Å². The fourth-order valence-corrected chi connectivity index (χ4v) is 5.72. The number of benzene rings is 3. The zero-order valence-corrected chi connectivity index (χ0v) is 23.7. The first-order valence-corrected chi connectivity index (χ1v) is 14.8. The summed E-state index contributed by atoms with van der Waals surface area (Å²) in [7, 11) is 2.16. The average Bonchev–Trinajstić information content (AvgIpc) is 2.93. The lowest BCUT2D eigenvalue weighted by atomic mass is 10.1. The molecule has 0 amide bonds. The maximum atomic E-state index is 12.9. The number of anilines is 2. The smallest absolute Gasteiger partial charge is 0.241 e. The van der Waals surface area contributed by atoms with Crippen molar-refractivity contribution in [3.63, 3.8) is 0 Å². The monoisotopic (exact) mass is 550 g/mol. The first-order valence-electron chi connectivity index (χ1n) is 13.3. The van der Waals surface area contributed by atoms with Crippen molar-refractivity contribution in [3.05, 3.63) is 60.7 Å². The van der Waals surface area contributed by atoms with Crippen molar-refractivity contribution in [2.45, 2.75) is 30.6 Å². The van der Waals surface area contributed by atoms with Crippen LogP contribution in [0.15, 0.2) is 65.6 Å². The summed E-state index contributed by atoms with van der Waals surface area (Å²) >= 11 is 0. The van der Waals surface area contributed by atoms with Crippen LogP contribution in [0.3, 0.4) is 0 Å². The highest BCUT2D eigenvalue weighted by atomic mass is 32.2. The van der Waals surface area contributed by atoms with Gasteiger partial charge in [-0.3, -0.25) is 0 Å². The Hall–Kier alpha value is -3.47. The van der Waals surface area contributed by atoms with Gasteiger partial charge in [-0.15, -0.1) is 0 Å². The van der Waals surface area contributed by atoms with E-state index in [1.54, 1.807) is 19.2 Å². The molecule has 0 atom stereocenters. The molecule has 0 aliphatic heterocycles. The van der Waals surface area contributed by atoms with Crippen molar-refractivity contribution in [2.24, 2.45) is 0 Å². The molecule has 0 unspecified atom stereocenters. The molecule has 208 valence electrons. The zero-order valence-electron chi connectivity index (χ0n) is 22.9. The van der Waals surface area contributed by atoms with Gasteiger partial charge in [-0.25, -0.2) is 18.1 Å². The fourth-order valence-electron chi connectivity index (χ4n) is 4.42. The van der Waals surface area contributed by atoms with Crippen LogP contribution >= 0.6 is 0 Å². The molecular formula is C29H38N6O3S. The predicted molar refractivity (Wildman–Crippen MR) is 159 cm³/mol. The molecule has 0 fully saturated rings. The van der Waals surface area contributed by atoms with E-state index in [1.165, 1.54) is 0 Å². The molecule has 0 saturated carbocycles. The van der Waals surface area contributed by atoms with Crippen LogP contribution < -0.4 is 20.1 Å². The number of hydrogen-bond acceptors (Lipinski definition) is 8. The van der Waals surface area contributed by atoms with Gasteiger partial charge >= 0.3 is 0 Å². The Balaban J connectivity index is 1.25. The summed E-state index contributed by atoms with van der Waals surface area (Å²) in [6, 6.07) is 18.7. The zero-order chi connectivity index (χ0) is 27.7. The Morgan fingerprint density at radius 3 is 2.31 bits per heavy atom. The van der Waals surface area contributed by atoms with E-state index in [9.17, 15) is 8.42 Å². The Morgan fingerprint density at radius 1 is 0.795 bits per heavy atom. The molecule has 39 heavy (non-hydrogen) atoms. The molecule has 3 N–H and O–H groups in total. The molecule has 4 aromatic rings. The number of nitrogens with zero attached hydrogens (tertiary/aromatic N) is 3. The third-order valence-corrected chi connectivity index (χ3v) is 8.00. The highest BCUT2D eigenvalue weighted by molar-refractivity contribution is 7.89. The molecule has 1 aromatic heterocycles. The van der Waals surface area contributed by atoms with E-state index >= 15 is 0 Å². The minimum Gasteiger partial charge on any atom is -0.494 e. The minimum absolute atomic E-state index is 0.326. The standard InChI is InChI=1S/C29H38N6O3S/c1-35(2)21-20-30-28-24-15-11-16-25(38-3)27(24)33-29(34-28)31-18-8-4-5-9-19-32-39(36,37)26-17-10-13-22-12-6-7-14-23(22)26/h6-7,10-17,32H,4-5,8-9,18-21H2,1-3H3,(H2,30,31,33,34). The highest BCUT2D eigenvalue weighted by Crippen LogP contribution is 2.29. The maximum absolute atomic E-state index is 12.9. The summed E-state index contributed by atoms with van der Waals surface area (Å²) < 4.78 is 34.0. The summed E-state index contributed by atoms with van der Waals surface area (Å²) in [5, 5.41) is 9.34. The van der Waals surface area contributed by atoms with Crippen LogP contribution in [0.5, 0.6) is 5.75 Å². The van der Waals surface area contributed by atoms with Gasteiger partial charge in [0, 0.05) is 37.0 Å². The molecular weight excluding hydrogens is 512 g/mol. The van der Waals surface area contributed by atoms with E-state index in [4.69, 9.17) is 14.7 Å². The van der Waals surface area contributed by atoms with Crippen molar-refractivity contribution in [2.75, 3.05) is 58.0 Å². The molecule has 0 radical (unpaired) electrons. The number of unbranched alkanes of at least 4 members (excludes halogenated alkanes) is 3. The molecule has 0 aliphatic carbocycles. The van der Waals surface area contributed by atoms with E-state index in [0.29, 0.717) is 23.1 Å². The molecule has 4 rings (SSSR count). The Labute approximate surface area is 231 Å². The van der Waals surface area contributed by atoms with E-state index in [2.05, 4.69) is 20.3 Å². The number of fused-ring (bicyclic) bond motifs is 2. The number of aromatic nitrogens is 2. The van der Waals surface area contributed by atoms with Crippen LogP contribution in [0.1, 0.15) is 25.7 Å². The van der Waals surface area contributed by atoms with Gasteiger partial charge in [-0.2, -0.15) is 4.98 Å². The van der Waals surface area contributed by atoms with Gasteiger partial charge in [0.1, 0.15) is 17.1 Å².